The van der Waals surface area contributed by atoms with Crippen molar-refractivity contribution in [3.8, 4) is 0 Å². The maximum atomic E-state index is 11.9. The molecule has 1 aromatic rings. The van der Waals surface area contributed by atoms with Crippen molar-refractivity contribution in [1.82, 2.24) is 0 Å². The summed E-state index contributed by atoms with van der Waals surface area (Å²) in [5.41, 5.74) is 4.68. The fourth-order valence-corrected chi connectivity index (χ4v) is 1.47. The fraction of sp³-hybridized carbons (Fsp3) is 0.417. The molecule has 0 heterocycles. The Morgan fingerprint density at radius 3 is 2.50 bits per heavy atom. The molecule has 0 aliphatic rings. The van der Waals surface area contributed by atoms with Crippen molar-refractivity contribution in [3.05, 3.63) is 39.4 Å². The second-order valence-corrected chi connectivity index (χ2v) is 4.78. The van der Waals surface area contributed by atoms with Crippen LogP contribution in [0.25, 0.3) is 0 Å². The van der Waals surface area contributed by atoms with Crippen LogP contribution in [0, 0.1) is 10.1 Å². The lowest BCUT2D eigenvalue weighted by atomic mass is 10.1. The van der Waals surface area contributed by atoms with Gasteiger partial charge in [0.1, 0.15) is 11.2 Å². The Morgan fingerprint density at radius 2 is 2.06 bits per heavy atom. The third kappa shape index (κ3) is 3.27. The molecule has 0 amide bonds. The number of hydrogen-bond acceptors (Lipinski definition) is 5. The highest BCUT2D eigenvalue weighted by Gasteiger charge is 2.27. The van der Waals surface area contributed by atoms with Gasteiger partial charge in [0.15, 0.2) is 0 Å². The zero-order valence-electron chi connectivity index (χ0n) is 10.6. The molecule has 0 saturated heterocycles. The van der Waals surface area contributed by atoms with E-state index in [1.54, 1.807) is 26.8 Å². The summed E-state index contributed by atoms with van der Waals surface area (Å²) in [5.74, 6) is -0.718. The third-order valence-corrected chi connectivity index (χ3v) is 2.14. The number of hydrogen-bond donors (Lipinski definition) is 1. The molecule has 0 atom stereocenters. The molecule has 2 N–H and O–H groups in total. The number of benzene rings is 1. The van der Waals surface area contributed by atoms with Crippen LogP contribution in [-0.2, 0) is 11.3 Å². The normalized spacial score (nSPS) is 11.1. The van der Waals surface area contributed by atoms with E-state index in [4.69, 9.17) is 10.5 Å². The van der Waals surface area contributed by atoms with Gasteiger partial charge in [0, 0.05) is 12.1 Å². The van der Waals surface area contributed by atoms with Gasteiger partial charge >= 0.3 is 5.97 Å². The zero-order valence-corrected chi connectivity index (χ0v) is 10.6. The molecule has 6 heteroatoms. The van der Waals surface area contributed by atoms with Gasteiger partial charge in [-0.15, -0.1) is 0 Å². The first-order valence-electron chi connectivity index (χ1n) is 5.46. The molecule has 1 aromatic carbocycles. The van der Waals surface area contributed by atoms with E-state index in [9.17, 15) is 14.9 Å². The van der Waals surface area contributed by atoms with E-state index in [-0.39, 0.29) is 17.8 Å². The lowest BCUT2D eigenvalue weighted by Gasteiger charge is -2.19. The predicted molar refractivity (Wildman–Crippen MR) is 66.2 cm³/mol. The first-order chi connectivity index (χ1) is 8.26. The molecule has 0 aliphatic carbocycles. The predicted octanol–water partition coefficient (Wildman–Crippen LogP) is 2.01. The van der Waals surface area contributed by atoms with E-state index in [0.29, 0.717) is 5.56 Å². The minimum atomic E-state index is -0.718. The van der Waals surface area contributed by atoms with Crippen molar-refractivity contribution in [3.63, 3.8) is 0 Å². The lowest BCUT2D eigenvalue weighted by Crippen LogP contribution is -2.24. The largest absolute Gasteiger partial charge is 0.456 e. The topological polar surface area (TPSA) is 95.5 Å². The summed E-state index contributed by atoms with van der Waals surface area (Å²) in [5, 5.41) is 11.0. The number of esters is 1. The summed E-state index contributed by atoms with van der Waals surface area (Å²) in [6.07, 6.45) is 0. The zero-order chi connectivity index (χ0) is 13.9. The van der Waals surface area contributed by atoms with E-state index in [1.807, 2.05) is 0 Å². The minimum Gasteiger partial charge on any atom is -0.456 e. The molecule has 0 fully saturated rings. The molecular weight excluding hydrogens is 236 g/mol. The molecule has 98 valence electrons. The average molecular weight is 252 g/mol. The highest BCUT2D eigenvalue weighted by molar-refractivity contribution is 5.94. The van der Waals surface area contributed by atoms with E-state index in [1.165, 1.54) is 12.1 Å². The number of nitrogens with two attached hydrogens (primary N) is 1. The maximum Gasteiger partial charge on any atom is 0.345 e. The highest BCUT2D eigenvalue weighted by Crippen LogP contribution is 2.25. The number of nitro benzene ring substituents is 1. The molecular formula is C12H16N2O4. The Hall–Kier alpha value is -1.95. The van der Waals surface area contributed by atoms with Crippen molar-refractivity contribution < 1.29 is 14.5 Å². The van der Waals surface area contributed by atoms with Crippen LogP contribution in [0.2, 0.25) is 0 Å². The van der Waals surface area contributed by atoms with Crippen LogP contribution in [0.4, 0.5) is 5.69 Å². The summed E-state index contributed by atoms with van der Waals surface area (Å²) in [6.45, 7) is 5.09. The van der Waals surface area contributed by atoms with E-state index >= 15 is 0 Å². The van der Waals surface area contributed by atoms with E-state index in [0.717, 1.165) is 0 Å². The van der Waals surface area contributed by atoms with Crippen molar-refractivity contribution >= 4 is 11.7 Å². The Labute approximate surface area is 105 Å². The maximum absolute atomic E-state index is 11.9. The van der Waals surface area contributed by atoms with Crippen LogP contribution in [0.5, 0.6) is 0 Å². The van der Waals surface area contributed by atoms with Crippen LogP contribution in [0.1, 0.15) is 36.7 Å². The second-order valence-electron chi connectivity index (χ2n) is 4.78. The van der Waals surface area contributed by atoms with Crippen molar-refractivity contribution in [1.29, 1.82) is 0 Å². The summed E-state index contributed by atoms with van der Waals surface area (Å²) in [7, 11) is 0. The fourth-order valence-electron chi connectivity index (χ4n) is 1.47. The van der Waals surface area contributed by atoms with Crippen molar-refractivity contribution in [2.75, 3.05) is 0 Å². The van der Waals surface area contributed by atoms with Gasteiger partial charge in [0.05, 0.1) is 4.92 Å². The molecule has 0 radical (unpaired) electrons. The monoisotopic (exact) mass is 252 g/mol. The van der Waals surface area contributed by atoms with Gasteiger partial charge in [-0.2, -0.15) is 0 Å². The van der Waals surface area contributed by atoms with Crippen LogP contribution >= 0.6 is 0 Å². The summed E-state index contributed by atoms with van der Waals surface area (Å²) in [6, 6.07) is 4.44. The third-order valence-electron chi connectivity index (χ3n) is 2.14. The first kappa shape index (κ1) is 14.1. The Balaban J connectivity index is 3.24. The van der Waals surface area contributed by atoms with Crippen LogP contribution in [0.3, 0.4) is 0 Å². The van der Waals surface area contributed by atoms with Crippen LogP contribution in [-0.4, -0.2) is 16.5 Å². The SMILES string of the molecule is CC(C)(C)OC(=O)c1cccc(CN)c1[N+](=O)[O-]. The molecule has 0 spiro atoms. The lowest BCUT2D eigenvalue weighted by molar-refractivity contribution is -0.385. The Morgan fingerprint density at radius 1 is 1.44 bits per heavy atom. The van der Waals surface area contributed by atoms with Crippen molar-refractivity contribution in [2.45, 2.75) is 32.9 Å². The summed E-state index contributed by atoms with van der Waals surface area (Å²) >= 11 is 0. The molecule has 0 aliphatic heterocycles. The molecule has 6 nitrogen and oxygen atoms in total. The number of nitrogens with zero attached hydrogens (tertiary/aromatic N) is 1. The van der Waals surface area contributed by atoms with Gasteiger partial charge in [-0.1, -0.05) is 12.1 Å². The molecule has 0 unspecified atom stereocenters. The van der Waals surface area contributed by atoms with Gasteiger partial charge in [-0.25, -0.2) is 4.79 Å². The molecule has 18 heavy (non-hydrogen) atoms. The smallest absolute Gasteiger partial charge is 0.345 e. The standard InChI is InChI=1S/C12H16N2O4/c1-12(2,3)18-11(15)9-6-4-5-8(7-13)10(9)14(16)17/h4-6H,7,13H2,1-3H3. The summed E-state index contributed by atoms with van der Waals surface area (Å²) in [4.78, 5) is 22.3. The van der Waals surface area contributed by atoms with Gasteiger partial charge in [0.25, 0.3) is 5.69 Å². The van der Waals surface area contributed by atoms with Crippen LogP contribution in [0.15, 0.2) is 18.2 Å². The molecule has 0 bridgehead atoms. The molecule has 1 rings (SSSR count). The van der Waals surface area contributed by atoms with Gasteiger partial charge in [0.2, 0.25) is 0 Å². The average Bonchev–Trinajstić information content (AvgIpc) is 2.25. The highest BCUT2D eigenvalue weighted by atomic mass is 16.6. The number of ether oxygens (including phenoxy) is 1. The van der Waals surface area contributed by atoms with Crippen LogP contribution < -0.4 is 5.73 Å². The number of carbonyl (C=O) groups is 1. The quantitative estimate of drug-likeness (QED) is 0.504. The Kier molecular flexibility index (Phi) is 4.03. The number of nitro groups is 1. The number of para-hydroxylation sites is 1. The molecule has 0 aromatic heterocycles. The summed E-state index contributed by atoms with van der Waals surface area (Å²) < 4.78 is 5.13. The Bertz CT molecular complexity index is 477. The van der Waals surface area contributed by atoms with E-state index < -0.39 is 16.5 Å². The number of carbonyl (C=O) groups excluding carboxylic acids is 1. The van der Waals surface area contributed by atoms with E-state index in [2.05, 4.69) is 0 Å². The van der Waals surface area contributed by atoms with Gasteiger partial charge < -0.3 is 10.5 Å². The van der Waals surface area contributed by atoms with Gasteiger partial charge in [-0.3, -0.25) is 10.1 Å². The van der Waals surface area contributed by atoms with Gasteiger partial charge in [-0.05, 0) is 26.8 Å². The van der Waals surface area contributed by atoms with Crippen molar-refractivity contribution in [2.24, 2.45) is 5.73 Å². The second kappa shape index (κ2) is 5.14. The molecule has 0 saturated carbocycles. The first-order valence-corrected chi connectivity index (χ1v) is 5.46. The minimum absolute atomic E-state index is 0.00699. The number of rotatable bonds is 3.